The van der Waals surface area contributed by atoms with Crippen LogP contribution in [0.3, 0.4) is 0 Å². The van der Waals surface area contributed by atoms with E-state index in [0.29, 0.717) is 0 Å². The lowest BCUT2D eigenvalue weighted by atomic mass is 9.31. The van der Waals surface area contributed by atoms with Gasteiger partial charge in [-0.15, -0.1) is 0 Å². The highest BCUT2D eigenvalue weighted by atomic mass is 16.5. The number of nitrogens with one attached hydrogen (secondary N) is 1. The Bertz CT molecular complexity index is 2930. The molecule has 4 aliphatic heterocycles. The molecule has 9 aromatic carbocycles. The molecule has 4 heterocycles. The first-order chi connectivity index (χ1) is 30.7. The maximum Gasteiger partial charge on any atom is 0.260 e. The number of rotatable bonds is 6. The summed E-state index contributed by atoms with van der Waals surface area (Å²) in [4.78, 5) is 4.54. The number of anilines is 8. The molecule has 0 radical (unpaired) electrons. The van der Waals surface area contributed by atoms with Crippen molar-refractivity contribution >= 4 is 91.7 Å². The molecule has 0 unspecified atom stereocenters. The maximum atomic E-state index is 7.13. The monoisotopic (exact) mass is 795 g/mol. The molecule has 290 valence electrons. The first-order valence-electron chi connectivity index (χ1n) is 21.1. The standard InChI is InChI=1S/C54H35B2N3O3/c1-5-17-35(18-6-1)58(36-19-7-2-8-20-36)39-29-46-53-50(30-39)60-47-27-15-13-25-41(47)55(53)43-33-44-49(34-45(43)57-46)62-52-32-40(31-51-54(52)56(44)42-26-14-16-28-48(42)61-51)59(37-21-9-3-10-22-37)38-23-11-4-12-24-38/h1-34,57H. The van der Waals surface area contributed by atoms with Crippen LogP contribution in [0.4, 0.5) is 45.5 Å². The van der Waals surface area contributed by atoms with Crippen LogP contribution in [0.2, 0.25) is 0 Å². The minimum atomic E-state index is -0.112. The fourth-order valence-corrected chi connectivity index (χ4v) is 9.96. The first-order valence-corrected chi connectivity index (χ1v) is 21.1. The van der Waals surface area contributed by atoms with Crippen molar-refractivity contribution in [2.24, 2.45) is 0 Å². The van der Waals surface area contributed by atoms with E-state index in [1.54, 1.807) is 0 Å². The van der Waals surface area contributed by atoms with E-state index in [9.17, 15) is 0 Å². The Morgan fingerprint density at radius 3 is 1.19 bits per heavy atom. The van der Waals surface area contributed by atoms with Crippen molar-refractivity contribution in [2.45, 2.75) is 0 Å². The number of hydrogen-bond donors (Lipinski definition) is 1. The van der Waals surface area contributed by atoms with Crippen LogP contribution >= 0.6 is 0 Å². The van der Waals surface area contributed by atoms with E-state index in [-0.39, 0.29) is 13.4 Å². The molecule has 4 aliphatic rings. The second kappa shape index (κ2) is 13.7. The van der Waals surface area contributed by atoms with Crippen molar-refractivity contribution in [2.75, 3.05) is 15.1 Å². The lowest BCUT2D eigenvalue weighted by molar-refractivity contribution is 0.465. The van der Waals surface area contributed by atoms with Gasteiger partial charge in [-0.2, -0.15) is 0 Å². The lowest BCUT2D eigenvalue weighted by Crippen LogP contribution is -2.62. The van der Waals surface area contributed by atoms with Crippen molar-refractivity contribution in [1.29, 1.82) is 0 Å². The van der Waals surface area contributed by atoms with Gasteiger partial charge in [0.1, 0.15) is 34.5 Å². The molecule has 62 heavy (non-hydrogen) atoms. The van der Waals surface area contributed by atoms with Gasteiger partial charge in [-0.25, -0.2) is 0 Å². The summed E-state index contributed by atoms with van der Waals surface area (Å²) in [6.45, 7) is -0.190. The quantitative estimate of drug-likeness (QED) is 0.169. The molecule has 0 aliphatic carbocycles. The van der Waals surface area contributed by atoms with E-state index in [1.807, 2.05) is 18.2 Å². The van der Waals surface area contributed by atoms with E-state index < -0.39 is 0 Å². The van der Waals surface area contributed by atoms with Crippen molar-refractivity contribution < 1.29 is 14.2 Å². The summed E-state index contributed by atoms with van der Waals surface area (Å²) in [5, 5.41) is 3.91. The number of fused-ring (bicyclic) bond motifs is 8. The zero-order valence-corrected chi connectivity index (χ0v) is 33.4. The molecule has 0 saturated heterocycles. The van der Waals surface area contributed by atoms with Gasteiger partial charge >= 0.3 is 0 Å². The van der Waals surface area contributed by atoms with E-state index in [0.717, 1.165) is 107 Å². The Labute approximate surface area is 360 Å². The Kier molecular flexibility index (Phi) is 7.69. The van der Waals surface area contributed by atoms with Gasteiger partial charge in [0, 0.05) is 63.9 Å². The highest BCUT2D eigenvalue weighted by Crippen LogP contribution is 2.45. The summed E-state index contributed by atoms with van der Waals surface area (Å²) in [6, 6.07) is 72.2. The molecule has 13 rings (SSSR count). The summed E-state index contributed by atoms with van der Waals surface area (Å²) in [5.41, 5.74) is 14.8. The molecular formula is C54H35B2N3O3. The molecule has 9 aromatic rings. The summed E-state index contributed by atoms with van der Waals surface area (Å²) < 4.78 is 20.8. The molecule has 0 fully saturated rings. The van der Waals surface area contributed by atoms with Crippen LogP contribution in [-0.2, 0) is 0 Å². The molecule has 0 atom stereocenters. The fourth-order valence-electron chi connectivity index (χ4n) is 9.96. The third kappa shape index (κ3) is 5.40. The third-order valence-electron chi connectivity index (χ3n) is 12.6. The second-order valence-corrected chi connectivity index (χ2v) is 16.1. The molecule has 0 saturated carbocycles. The van der Waals surface area contributed by atoms with Gasteiger partial charge in [-0.05, 0) is 94.0 Å². The average molecular weight is 796 g/mol. The van der Waals surface area contributed by atoms with E-state index in [2.05, 4.69) is 203 Å². The van der Waals surface area contributed by atoms with Crippen LogP contribution in [0, 0.1) is 0 Å². The van der Waals surface area contributed by atoms with Gasteiger partial charge in [0.25, 0.3) is 13.4 Å². The highest BCUT2D eigenvalue weighted by molar-refractivity contribution is 7.01. The molecule has 0 bridgehead atoms. The molecule has 8 heteroatoms. The molecule has 0 spiro atoms. The molecule has 1 N–H and O–H groups in total. The molecule has 6 nitrogen and oxygen atoms in total. The van der Waals surface area contributed by atoms with Crippen molar-refractivity contribution in [1.82, 2.24) is 0 Å². The second-order valence-electron chi connectivity index (χ2n) is 16.1. The van der Waals surface area contributed by atoms with Gasteiger partial charge in [0.2, 0.25) is 0 Å². The van der Waals surface area contributed by atoms with Crippen LogP contribution in [-0.4, -0.2) is 13.4 Å². The summed E-state index contributed by atoms with van der Waals surface area (Å²) >= 11 is 0. The van der Waals surface area contributed by atoms with E-state index in [4.69, 9.17) is 14.2 Å². The maximum absolute atomic E-state index is 7.13. The zero-order chi connectivity index (χ0) is 40.7. The topological polar surface area (TPSA) is 46.2 Å². The summed E-state index contributed by atoms with van der Waals surface area (Å²) in [6.07, 6.45) is 0. The van der Waals surface area contributed by atoms with Gasteiger partial charge < -0.3 is 29.3 Å². The molecular weight excluding hydrogens is 760 g/mol. The Balaban J connectivity index is 0.997. The van der Waals surface area contributed by atoms with Gasteiger partial charge in [0.15, 0.2) is 0 Å². The Hall–Kier alpha value is -8.09. The zero-order valence-electron chi connectivity index (χ0n) is 33.4. The first kappa shape index (κ1) is 34.7. The van der Waals surface area contributed by atoms with Crippen LogP contribution in [0.1, 0.15) is 0 Å². The summed E-state index contributed by atoms with van der Waals surface area (Å²) in [7, 11) is 0. The predicted molar refractivity (Wildman–Crippen MR) is 254 cm³/mol. The molecule has 0 aromatic heterocycles. The van der Waals surface area contributed by atoms with Crippen molar-refractivity contribution in [3.63, 3.8) is 0 Å². The van der Waals surface area contributed by atoms with Crippen molar-refractivity contribution in [3.8, 4) is 34.5 Å². The van der Waals surface area contributed by atoms with Crippen LogP contribution < -0.4 is 62.1 Å². The number of para-hydroxylation sites is 6. The minimum absolute atomic E-state index is 0.0777. The Morgan fingerprint density at radius 1 is 0.290 bits per heavy atom. The predicted octanol–water partition coefficient (Wildman–Crippen LogP) is 10.0. The van der Waals surface area contributed by atoms with Crippen LogP contribution in [0.5, 0.6) is 34.5 Å². The number of ether oxygens (including phenoxy) is 3. The number of benzene rings is 9. The minimum Gasteiger partial charge on any atom is -0.458 e. The lowest BCUT2D eigenvalue weighted by Gasteiger charge is -2.38. The van der Waals surface area contributed by atoms with Crippen LogP contribution in [0.15, 0.2) is 206 Å². The van der Waals surface area contributed by atoms with Crippen LogP contribution in [0.25, 0.3) is 0 Å². The Morgan fingerprint density at radius 2 is 0.694 bits per heavy atom. The van der Waals surface area contributed by atoms with Gasteiger partial charge in [-0.3, -0.25) is 0 Å². The number of hydrogen-bond acceptors (Lipinski definition) is 6. The van der Waals surface area contributed by atoms with E-state index in [1.165, 1.54) is 5.46 Å². The largest absolute Gasteiger partial charge is 0.458 e. The molecule has 0 amide bonds. The normalized spacial score (nSPS) is 13.0. The fraction of sp³-hybridized carbons (Fsp3) is 0. The average Bonchev–Trinajstić information content (AvgIpc) is 3.32. The van der Waals surface area contributed by atoms with Gasteiger partial charge in [0.05, 0.1) is 11.4 Å². The van der Waals surface area contributed by atoms with Gasteiger partial charge in [-0.1, -0.05) is 115 Å². The number of nitrogens with zero attached hydrogens (tertiary/aromatic N) is 2. The highest BCUT2D eigenvalue weighted by Gasteiger charge is 2.45. The smallest absolute Gasteiger partial charge is 0.260 e. The third-order valence-corrected chi connectivity index (χ3v) is 12.6. The van der Waals surface area contributed by atoms with Crippen molar-refractivity contribution in [3.05, 3.63) is 206 Å². The summed E-state index contributed by atoms with van der Waals surface area (Å²) in [5.74, 6) is 4.93. The SMILES string of the molecule is c1ccc(N(c2ccccc2)c2cc3c4c(c2)Oc2ccccc2B4c2cc4c(cc2N3)Oc2cc(N(c3ccccc3)c3ccccc3)cc3c2B4c2ccccc2O3)cc1. The van der Waals surface area contributed by atoms with E-state index >= 15 is 0 Å².